The van der Waals surface area contributed by atoms with Crippen LogP contribution >= 0.6 is 0 Å². The van der Waals surface area contributed by atoms with Crippen molar-refractivity contribution in [2.75, 3.05) is 0 Å². The van der Waals surface area contributed by atoms with Gasteiger partial charge in [0.2, 0.25) is 0 Å². The summed E-state index contributed by atoms with van der Waals surface area (Å²) in [6.07, 6.45) is -3.30. The minimum absolute atomic E-state index is 0.202. The van der Waals surface area contributed by atoms with Crippen LogP contribution in [0.25, 0.3) is 0 Å². The van der Waals surface area contributed by atoms with E-state index < -0.39 is 40.2 Å². The molecule has 0 saturated heterocycles. The van der Waals surface area contributed by atoms with Gasteiger partial charge in [0.15, 0.2) is 5.56 Å². The molecule has 1 rings (SSSR count). The second-order valence-electron chi connectivity index (χ2n) is 2.60. The van der Waals surface area contributed by atoms with Gasteiger partial charge in [0, 0.05) is 0 Å². The number of nitro groups is 1. The number of halogens is 3. The van der Waals surface area contributed by atoms with Gasteiger partial charge in [0.05, 0.1) is 0 Å². The average molecular weight is 236 g/mol. The Hall–Kier alpha value is -2.19. The van der Waals surface area contributed by atoms with Crippen molar-refractivity contribution in [2.45, 2.75) is 6.43 Å². The predicted molar refractivity (Wildman–Crippen MR) is 42.8 cm³/mol. The Morgan fingerprint density at radius 3 is 2.50 bits per heavy atom. The predicted octanol–water partition coefficient (Wildman–Crippen LogP) is 1.76. The second-order valence-corrected chi connectivity index (χ2v) is 2.60. The molecule has 0 radical (unpaired) electrons. The lowest BCUT2D eigenvalue weighted by Crippen LogP contribution is -2.08. The van der Waals surface area contributed by atoms with Crippen molar-refractivity contribution >= 4 is 11.8 Å². The number of pyridine rings is 1. The first kappa shape index (κ1) is 11.9. The molecule has 0 aliphatic rings. The third-order valence-electron chi connectivity index (χ3n) is 1.62. The van der Waals surface area contributed by atoms with E-state index in [-0.39, 0.29) is 6.07 Å². The molecule has 0 saturated carbocycles. The second kappa shape index (κ2) is 4.13. The highest BCUT2D eigenvalue weighted by atomic mass is 19.3. The largest absolute Gasteiger partial charge is 0.477 e. The Bertz CT molecular complexity index is 463. The Kier molecular flexibility index (Phi) is 3.06. The summed E-state index contributed by atoms with van der Waals surface area (Å²) < 4.78 is 37.1. The topological polar surface area (TPSA) is 93.3 Å². The van der Waals surface area contributed by atoms with E-state index in [1.807, 2.05) is 0 Å². The first-order chi connectivity index (χ1) is 7.34. The molecule has 0 spiro atoms. The number of nitrogens with zero attached hydrogens (tertiary/aromatic N) is 2. The van der Waals surface area contributed by atoms with Crippen LogP contribution in [-0.4, -0.2) is 21.0 Å². The molecule has 6 nitrogen and oxygen atoms in total. The van der Waals surface area contributed by atoms with E-state index in [0.29, 0.717) is 0 Å². The van der Waals surface area contributed by atoms with Gasteiger partial charge in [-0.3, -0.25) is 0 Å². The summed E-state index contributed by atoms with van der Waals surface area (Å²) in [6.45, 7) is 0. The van der Waals surface area contributed by atoms with Crippen molar-refractivity contribution in [2.24, 2.45) is 0 Å². The molecule has 86 valence electrons. The number of hydrogen-bond acceptors (Lipinski definition) is 4. The monoisotopic (exact) mass is 236 g/mol. The smallest absolute Gasteiger partial charge is 0.381 e. The molecule has 1 aromatic heterocycles. The minimum Gasteiger partial charge on any atom is -0.477 e. The lowest BCUT2D eigenvalue weighted by Gasteiger charge is -2.01. The molecule has 0 bridgehead atoms. The first-order valence-electron chi connectivity index (χ1n) is 3.71. The molecule has 0 aliphatic carbocycles. The first-order valence-corrected chi connectivity index (χ1v) is 3.71. The molecular formula is C7H3F3N2O4. The van der Waals surface area contributed by atoms with Gasteiger partial charge in [-0.25, -0.2) is 13.6 Å². The molecule has 0 aliphatic heterocycles. The van der Waals surface area contributed by atoms with Crippen molar-refractivity contribution in [1.82, 2.24) is 4.98 Å². The lowest BCUT2D eigenvalue weighted by molar-refractivity contribution is -0.390. The standard InChI is InChI=1S/C7H3F3N2O4/c8-4(9)2-1-3(7(13)14)6(12(15)16)11-5(2)10/h1,4H,(H,13,14). The molecule has 0 amide bonds. The number of carbonyl (C=O) groups is 1. The zero-order valence-corrected chi connectivity index (χ0v) is 7.35. The summed E-state index contributed by atoms with van der Waals surface area (Å²) in [7, 11) is 0. The molecule has 0 unspecified atom stereocenters. The summed E-state index contributed by atoms with van der Waals surface area (Å²) in [5, 5.41) is 18.8. The highest BCUT2D eigenvalue weighted by Gasteiger charge is 2.29. The SMILES string of the molecule is O=C(O)c1cc(C(F)F)c(F)nc1[N+](=O)[O-]. The van der Waals surface area contributed by atoms with Gasteiger partial charge in [-0.1, -0.05) is 0 Å². The molecule has 1 heterocycles. The van der Waals surface area contributed by atoms with Gasteiger partial charge >= 0.3 is 17.7 Å². The number of alkyl halides is 2. The van der Waals surface area contributed by atoms with Crippen molar-refractivity contribution in [3.05, 3.63) is 33.3 Å². The molecule has 0 atom stereocenters. The van der Waals surface area contributed by atoms with Crippen LogP contribution in [0.15, 0.2) is 6.07 Å². The number of aromatic nitrogens is 1. The summed E-state index contributed by atoms with van der Waals surface area (Å²) >= 11 is 0. The quantitative estimate of drug-likeness (QED) is 0.490. The van der Waals surface area contributed by atoms with Crippen LogP contribution in [0.5, 0.6) is 0 Å². The van der Waals surface area contributed by atoms with Crippen molar-refractivity contribution < 1.29 is 28.0 Å². The third kappa shape index (κ3) is 2.07. The van der Waals surface area contributed by atoms with Gasteiger partial charge in [-0.15, -0.1) is 0 Å². The highest BCUT2D eigenvalue weighted by molar-refractivity contribution is 5.91. The highest BCUT2D eigenvalue weighted by Crippen LogP contribution is 2.26. The molecule has 0 fully saturated rings. The van der Waals surface area contributed by atoms with Crippen molar-refractivity contribution in [3.63, 3.8) is 0 Å². The van der Waals surface area contributed by atoms with Crippen LogP contribution in [0, 0.1) is 16.1 Å². The fourth-order valence-corrected chi connectivity index (χ4v) is 0.947. The van der Waals surface area contributed by atoms with E-state index in [0.717, 1.165) is 0 Å². The van der Waals surface area contributed by atoms with Crippen LogP contribution < -0.4 is 0 Å². The van der Waals surface area contributed by atoms with Crippen LogP contribution in [0.1, 0.15) is 22.3 Å². The summed E-state index contributed by atoms with van der Waals surface area (Å²) in [5.41, 5.74) is -2.37. The fourth-order valence-electron chi connectivity index (χ4n) is 0.947. The zero-order valence-electron chi connectivity index (χ0n) is 7.35. The molecule has 1 aromatic rings. The van der Waals surface area contributed by atoms with Gasteiger partial charge in [-0.05, 0) is 16.0 Å². The molecule has 16 heavy (non-hydrogen) atoms. The number of carboxylic acid groups (broad SMARTS) is 1. The molecule has 0 aromatic carbocycles. The Morgan fingerprint density at radius 2 is 2.12 bits per heavy atom. The van der Waals surface area contributed by atoms with Crippen LogP contribution in [0.4, 0.5) is 19.0 Å². The van der Waals surface area contributed by atoms with E-state index in [4.69, 9.17) is 5.11 Å². The number of carboxylic acids is 1. The Balaban J connectivity index is 3.49. The van der Waals surface area contributed by atoms with E-state index in [9.17, 15) is 28.1 Å². The molecule has 9 heteroatoms. The fraction of sp³-hybridized carbons (Fsp3) is 0.143. The minimum atomic E-state index is -3.30. The van der Waals surface area contributed by atoms with Crippen molar-refractivity contribution in [3.8, 4) is 0 Å². The van der Waals surface area contributed by atoms with Crippen LogP contribution in [0.2, 0.25) is 0 Å². The maximum atomic E-state index is 12.8. The lowest BCUT2D eigenvalue weighted by atomic mass is 10.2. The summed E-state index contributed by atoms with van der Waals surface area (Å²) in [5.74, 6) is -4.90. The van der Waals surface area contributed by atoms with Gasteiger partial charge in [-0.2, -0.15) is 4.39 Å². The third-order valence-corrected chi connectivity index (χ3v) is 1.62. The van der Waals surface area contributed by atoms with Gasteiger partial charge in [0.25, 0.3) is 6.43 Å². The number of hydrogen-bond donors (Lipinski definition) is 1. The van der Waals surface area contributed by atoms with E-state index in [1.54, 1.807) is 0 Å². The van der Waals surface area contributed by atoms with E-state index >= 15 is 0 Å². The van der Waals surface area contributed by atoms with Gasteiger partial charge < -0.3 is 15.2 Å². The Labute approximate surface area is 85.5 Å². The normalized spacial score (nSPS) is 10.5. The van der Waals surface area contributed by atoms with E-state index in [2.05, 4.69) is 4.98 Å². The molecular weight excluding hydrogens is 233 g/mol. The van der Waals surface area contributed by atoms with Crippen molar-refractivity contribution in [1.29, 1.82) is 0 Å². The Morgan fingerprint density at radius 1 is 1.56 bits per heavy atom. The number of rotatable bonds is 3. The average Bonchev–Trinajstić information content (AvgIpc) is 2.15. The van der Waals surface area contributed by atoms with Crippen LogP contribution in [0.3, 0.4) is 0 Å². The van der Waals surface area contributed by atoms with E-state index in [1.165, 1.54) is 0 Å². The van der Waals surface area contributed by atoms with Gasteiger partial charge in [0.1, 0.15) is 5.56 Å². The zero-order chi connectivity index (χ0) is 12.5. The molecule has 1 N–H and O–H groups in total. The van der Waals surface area contributed by atoms with Crippen LogP contribution in [-0.2, 0) is 0 Å². The maximum absolute atomic E-state index is 12.8. The summed E-state index contributed by atoms with van der Waals surface area (Å²) in [4.78, 5) is 22.1. The maximum Gasteiger partial charge on any atom is 0.381 e. The summed E-state index contributed by atoms with van der Waals surface area (Å²) in [6, 6.07) is 0.202. The number of aromatic carboxylic acids is 1.